The van der Waals surface area contributed by atoms with Gasteiger partial charge in [-0.05, 0) is 74.5 Å². The minimum atomic E-state index is -3.59. The van der Waals surface area contributed by atoms with Crippen LogP contribution in [0.25, 0.3) is 0 Å². The van der Waals surface area contributed by atoms with Crippen molar-refractivity contribution in [3.8, 4) is 0 Å². The van der Waals surface area contributed by atoms with Crippen LogP contribution >= 0.6 is 12.2 Å². The number of hydrogen-bond donors (Lipinski definition) is 0. The molecule has 0 bridgehead atoms. The number of rotatable bonds is 5. The summed E-state index contributed by atoms with van der Waals surface area (Å²) in [5, 5.41) is 0.310. The second-order valence-corrected chi connectivity index (χ2v) is 11.1. The van der Waals surface area contributed by atoms with Gasteiger partial charge in [-0.15, -0.1) is 0 Å². The van der Waals surface area contributed by atoms with Crippen molar-refractivity contribution < 1.29 is 17.7 Å². The molecule has 0 radical (unpaired) electrons. The van der Waals surface area contributed by atoms with Crippen molar-refractivity contribution in [2.45, 2.75) is 79.1 Å². The summed E-state index contributed by atoms with van der Waals surface area (Å²) in [4.78, 5) is 0. The Morgan fingerprint density at radius 3 is 1.40 bits per heavy atom. The van der Waals surface area contributed by atoms with Crippen molar-refractivity contribution in [1.29, 1.82) is 0 Å². The highest BCUT2D eigenvalue weighted by Crippen LogP contribution is 2.30. The van der Waals surface area contributed by atoms with Crippen LogP contribution in [0.2, 0.25) is 0 Å². The standard InChI is InChI=1S/C19H32O4SSi/c1-17(2,3)21-25(22-18(4,5)6,23-19(7,8)9)20-16(24)15-13-11-10-12-14-15/h10-14H,1-9H3. The topological polar surface area (TPSA) is 36.9 Å². The highest BCUT2D eigenvalue weighted by Gasteiger charge is 2.57. The number of benzene rings is 1. The largest absolute Gasteiger partial charge is 0.751 e. The molecule has 0 aliphatic carbocycles. The molecule has 142 valence electrons. The third-order valence-corrected chi connectivity index (χ3v) is 6.03. The molecule has 0 aromatic heterocycles. The van der Waals surface area contributed by atoms with Gasteiger partial charge in [-0.2, -0.15) is 0 Å². The quantitative estimate of drug-likeness (QED) is 0.511. The molecule has 1 rings (SSSR count). The van der Waals surface area contributed by atoms with Crippen molar-refractivity contribution in [1.82, 2.24) is 0 Å². The zero-order valence-corrected chi connectivity index (χ0v) is 18.7. The highest BCUT2D eigenvalue weighted by atomic mass is 32.1. The molecule has 6 heteroatoms. The molecule has 1 aromatic rings. The Labute approximate surface area is 159 Å². The molecule has 0 N–H and O–H groups in total. The summed E-state index contributed by atoms with van der Waals surface area (Å²) in [5.74, 6) is 0. The second-order valence-electron chi connectivity index (χ2n) is 8.90. The Kier molecular flexibility index (Phi) is 6.98. The summed E-state index contributed by atoms with van der Waals surface area (Å²) in [6.07, 6.45) is 0. The molecule has 0 spiro atoms. The van der Waals surface area contributed by atoms with Gasteiger partial charge >= 0.3 is 9.05 Å². The molecule has 0 aliphatic rings. The molecule has 0 saturated carbocycles. The zero-order valence-electron chi connectivity index (χ0n) is 16.9. The maximum atomic E-state index is 6.25. The first-order chi connectivity index (χ1) is 11.1. The van der Waals surface area contributed by atoms with E-state index in [0.717, 1.165) is 5.56 Å². The zero-order chi connectivity index (χ0) is 19.5. The molecule has 1 aromatic carbocycles. The van der Waals surface area contributed by atoms with Gasteiger partial charge in [0.05, 0.1) is 16.8 Å². The van der Waals surface area contributed by atoms with E-state index in [1.165, 1.54) is 0 Å². The Bertz CT molecular complexity index is 527. The van der Waals surface area contributed by atoms with E-state index in [1.807, 2.05) is 92.6 Å². The molecule has 0 saturated heterocycles. The van der Waals surface area contributed by atoms with E-state index in [-0.39, 0.29) is 0 Å². The van der Waals surface area contributed by atoms with Crippen LogP contribution < -0.4 is 0 Å². The summed E-state index contributed by atoms with van der Waals surface area (Å²) < 4.78 is 24.9. The first-order valence-electron chi connectivity index (χ1n) is 8.50. The minimum absolute atomic E-state index is 0.310. The van der Waals surface area contributed by atoms with E-state index >= 15 is 0 Å². The lowest BCUT2D eigenvalue weighted by molar-refractivity contribution is -0.115. The fraction of sp³-hybridized carbons (Fsp3) is 0.632. The molecule has 0 fully saturated rings. The summed E-state index contributed by atoms with van der Waals surface area (Å²) in [6.45, 7) is 17.5. The van der Waals surface area contributed by atoms with Crippen LogP contribution in [0, 0.1) is 0 Å². The molecule has 0 unspecified atom stereocenters. The van der Waals surface area contributed by atoms with Crippen LogP contribution in [0.1, 0.15) is 67.9 Å². The second kappa shape index (κ2) is 7.84. The summed E-state index contributed by atoms with van der Waals surface area (Å²) in [6, 6.07) is 9.54. The van der Waals surface area contributed by atoms with E-state index in [0.29, 0.717) is 5.05 Å². The fourth-order valence-corrected chi connectivity index (χ4v) is 5.28. The molecule has 25 heavy (non-hydrogen) atoms. The van der Waals surface area contributed by atoms with E-state index in [2.05, 4.69) is 0 Å². The molecule has 0 atom stereocenters. The monoisotopic (exact) mass is 384 g/mol. The van der Waals surface area contributed by atoms with E-state index in [1.54, 1.807) is 0 Å². The van der Waals surface area contributed by atoms with Gasteiger partial charge in [-0.3, -0.25) is 0 Å². The highest BCUT2D eigenvalue weighted by molar-refractivity contribution is 7.80. The SMILES string of the molecule is CC(C)(C)O[Si](OC(=S)c1ccccc1)(OC(C)(C)C)OC(C)(C)C. The Balaban J connectivity index is 3.28. The predicted octanol–water partition coefficient (Wildman–Crippen LogP) is 5.26. The van der Waals surface area contributed by atoms with Crippen molar-refractivity contribution in [2.24, 2.45) is 0 Å². The Morgan fingerprint density at radius 1 is 0.720 bits per heavy atom. The summed E-state index contributed by atoms with van der Waals surface area (Å²) >= 11 is 5.51. The molecular formula is C19H32O4SSi. The maximum Gasteiger partial charge on any atom is 0.751 e. The van der Waals surface area contributed by atoms with E-state index in [4.69, 9.17) is 29.9 Å². The van der Waals surface area contributed by atoms with Gasteiger partial charge in [0.25, 0.3) is 0 Å². The van der Waals surface area contributed by atoms with Crippen LogP contribution in [0.5, 0.6) is 0 Å². The Hall–Kier alpha value is -0.793. The van der Waals surface area contributed by atoms with Crippen molar-refractivity contribution in [3.63, 3.8) is 0 Å². The van der Waals surface area contributed by atoms with Crippen molar-refractivity contribution in [2.75, 3.05) is 0 Å². The molecule has 0 aliphatic heterocycles. The predicted molar refractivity (Wildman–Crippen MR) is 107 cm³/mol. The lowest BCUT2D eigenvalue weighted by atomic mass is 10.2. The first kappa shape index (κ1) is 22.2. The van der Waals surface area contributed by atoms with Gasteiger partial charge in [0, 0.05) is 5.56 Å². The minimum Gasteiger partial charge on any atom is -0.470 e. The smallest absolute Gasteiger partial charge is 0.470 e. The van der Waals surface area contributed by atoms with Crippen molar-refractivity contribution in [3.05, 3.63) is 35.9 Å². The van der Waals surface area contributed by atoms with Crippen LogP contribution in [0.3, 0.4) is 0 Å². The molecule has 4 nitrogen and oxygen atoms in total. The fourth-order valence-electron chi connectivity index (χ4n) is 2.00. The van der Waals surface area contributed by atoms with Gasteiger partial charge in [0.2, 0.25) is 0 Å². The third kappa shape index (κ3) is 8.92. The van der Waals surface area contributed by atoms with Crippen LogP contribution in [-0.4, -0.2) is 30.9 Å². The Morgan fingerprint density at radius 2 is 1.08 bits per heavy atom. The first-order valence-corrected chi connectivity index (χ1v) is 10.5. The number of thiocarbonyl (C=S) groups is 1. The van der Waals surface area contributed by atoms with Gasteiger partial charge in [-0.1, -0.05) is 30.3 Å². The lowest BCUT2D eigenvalue weighted by Gasteiger charge is -2.40. The third-order valence-electron chi connectivity index (χ3n) is 2.52. The van der Waals surface area contributed by atoms with Crippen LogP contribution in [0.4, 0.5) is 0 Å². The van der Waals surface area contributed by atoms with Crippen LogP contribution in [-0.2, 0) is 17.7 Å². The van der Waals surface area contributed by atoms with Crippen molar-refractivity contribution >= 4 is 26.3 Å². The maximum absolute atomic E-state index is 6.25. The van der Waals surface area contributed by atoms with E-state index < -0.39 is 25.9 Å². The van der Waals surface area contributed by atoms with Gasteiger partial charge in [-0.25, -0.2) is 0 Å². The lowest BCUT2D eigenvalue weighted by Crippen LogP contribution is -2.60. The van der Waals surface area contributed by atoms with Crippen LogP contribution in [0.15, 0.2) is 30.3 Å². The molecule has 0 heterocycles. The van der Waals surface area contributed by atoms with Gasteiger partial charge in [0.1, 0.15) is 0 Å². The van der Waals surface area contributed by atoms with E-state index in [9.17, 15) is 0 Å². The average molecular weight is 385 g/mol. The van der Waals surface area contributed by atoms with Gasteiger partial charge < -0.3 is 17.7 Å². The molecule has 0 amide bonds. The normalized spacial score (nSPS) is 13.6. The summed E-state index contributed by atoms with van der Waals surface area (Å²) in [7, 11) is -3.59. The average Bonchev–Trinajstić information content (AvgIpc) is 2.32. The summed E-state index contributed by atoms with van der Waals surface area (Å²) in [5.41, 5.74) is -0.763. The molecular weight excluding hydrogens is 352 g/mol. The number of hydrogen-bond acceptors (Lipinski definition) is 5. The van der Waals surface area contributed by atoms with Gasteiger partial charge in [0.15, 0.2) is 5.05 Å².